The predicted octanol–water partition coefficient (Wildman–Crippen LogP) is 1.41. The first-order valence-electron chi connectivity index (χ1n) is 7.19. The van der Waals surface area contributed by atoms with Crippen LogP contribution >= 0.6 is 0 Å². The molecule has 2 unspecified atom stereocenters. The zero-order valence-electron chi connectivity index (χ0n) is 11.0. The fraction of sp³-hybridized carbons (Fsp3) is 0.929. The number of hydrogen-bond acceptors (Lipinski definition) is 4. The molecule has 2 heterocycles. The van der Waals surface area contributed by atoms with Crippen molar-refractivity contribution in [2.75, 3.05) is 19.8 Å². The Bertz CT molecular complexity index is 330. The Morgan fingerprint density at radius 3 is 2.61 bits per heavy atom. The summed E-state index contributed by atoms with van der Waals surface area (Å²) in [6, 6.07) is 0. The van der Waals surface area contributed by atoms with Gasteiger partial charge in [-0.1, -0.05) is 12.8 Å². The van der Waals surface area contributed by atoms with Crippen LogP contribution in [0, 0.1) is 5.92 Å². The van der Waals surface area contributed by atoms with E-state index in [-0.39, 0.29) is 17.3 Å². The maximum absolute atomic E-state index is 12.6. The Morgan fingerprint density at radius 2 is 1.94 bits per heavy atom. The molecule has 3 fully saturated rings. The number of rotatable bonds is 2. The van der Waals surface area contributed by atoms with Crippen LogP contribution in [-0.2, 0) is 14.3 Å². The van der Waals surface area contributed by atoms with Crippen molar-refractivity contribution in [1.29, 1.82) is 0 Å². The molecule has 0 radical (unpaired) electrons. The summed E-state index contributed by atoms with van der Waals surface area (Å²) in [5.74, 6) is 0.304. The van der Waals surface area contributed by atoms with Gasteiger partial charge in [-0.3, -0.25) is 4.79 Å². The largest absolute Gasteiger partial charge is 0.379 e. The third-order valence-corrected chi connectivity index (χ3v) is 4.92. The third kappa shape index (κ3) is 2.10. The van der Waals surface area contributed by atoms with Gasteiger partial charge < -0.3 is 15.2 Å². The zero-order valence-corrected chi connectivity index (χ0v) is 11.0. The molecule has 4 nitrogen and oxygen atoms in total. The summed E-state index contributed by atoms with van der Waals surface area (Å²) in [4.78, 5) is 12.6. The number of carbonyl (C=O) groups is 1. The molecule has 2 N–H and O–H groups in total. The first-order valence-corrected chi connectivity index (χ1v) is 7.19. The first-order chi connectivity index (χ1) is 8.64. The molecule has 0 amide bonds. The Labute approximate surface area is 108 Å². The van der Waals surface area contributed by atoms with Crippen LogP contribution in [0.1, 0.15) is 44.9 Å². The van der Waals surface area contributed by atoms with Crippen LogP contribution in [0.2, 0.25) is 0 Å². The zero-order chi connectivity index (χ0) is 12.6. The van der Waals surface area contributed by atoms with Crippen molar-refractivity contribution in [1.82, 2.24) is 0 Å². The van der Waals surface area contributed by atoms with E-state index >= 15 is 0 Å². The smallest absolute Gasteiger partial charge is 0.158 e. The number of Topliss-reactive ketones (excluding diaryl/α,β-unsaturated/α-hetero) is 1. The van der Waals surface area contributed by atoms with Gasteiger partial charge in [-0.25, -0.2) is 0 Å². The molecule has 1 spiro atoms. The lowest BCUT2D eigenvalue weighted by atomic mass is 9.76. The molecule has 18 heavy (non-hydrogen) atoms. The first kappa shape index (κ1) is 12.6. The quantitative estimate of drug-likeness (QED) is 0.808. The minimum absolute atomic E-state index is 0.00556. The second kappa shape index (κ2) is 4.58. The summed E-state index contributed by atoms with van der Waals surface area (Å²) in [5, 5.41) is 0. The van der Waals surface area contributed by atoms with Crippen LogP contribution in [0.5, 0.6) is 0 Å². The van der Waals surface area contributed by atoms with E-state index in [1.807, 2.05) is 0 Å². The van der Waals surface area contributed by atoms with Crippen LogP contribution in [0.25, 0.3) is 0 Å². The predicted molar refractivity (Wildman–Crippen MR) is 67.2 cm³/mol. The average Bonchev–Trinajstić information content (AvgIpc) is 2.99. The molecule has 0 bridgehead atoms. The fourth-order valence-electron chi connectivity index (χ4n) is 3.80. The molecular weight excluding hydrogens is 230 g/mol. The highest BCUT2D eigenvalue weighted by atomic mass is 16.5. The van der Waals surface area contributed by atoms with Crippen LogP contribution in [0.15, 0.2) is 0 Å². The van der Waals surface area contributed by atoms with Crippen LogP contribution < -0.4 is 5.73 Å². The Balaban J connectivity index is 1.70. The van der Waals surface area contributed by atoms with Crippen molar-refractivity contribution in [3.8, 4) is 0 Å². The van der Waals surface area contributed by atoms with Crippen molar-refractivity contribution in [2.45, 2.75) is 56.1 Å². The SMILES string of the molecule is NC1(C(=O)C2CCOC3(CCCC3)C2)CCOC1. The minimum atomic E-state index is -0.720. The van der Waals surface area contributed by atoms with Gasteiger partial charge in [0.25, 0.3) is 0 Å². The lowest BCUT2D eigenvalue weighted by molar-refractivity contribution is -0.141. The van der Waals surface area contributed by atoms with Crippen molar-refractivity contribution in [3.05, 3.63) is 0 Å². The van der Waals surface area contributed by atoms with Gasteiger partial charge in [0, 0.05) is 19.1 Å². The molecule has 1 aliphatic carbocycles. The lowest BCUT2D eigenvalue weighted by Crippen LogP contribution is -2.54. The number of carbonyl (C=O) groups excluding carboxylic acids is 1. The average molecular weight is 253 g/mol. The van der Waals surface area contributed by atoms with E-state index in [0.717, 1.165) is 25.7 Å². The summed E-state index contributed by atoms with van der Waals surface area (Å²) >= 11 is 0. The molecular formula is C14H23NO3. The highest BCUT2D eigenvalue weighted by Gasteiger charge is 2.47. The standard InChI is InChI=1S/C14H23NO3/c15-14(6-8-17-10-14)12(16)11-3-7-18-13(9-11)4-1-2-5-13/h11H,1-10,15H2. The Kier molecular flexibility index (Phi) is 3.20. The van der Waals surface area contributed by atoms with E-state index in [1.165, 1.54) is 12.8 Å². The number of nitrogens with two attached hydrogens (primary N) is 1. The highest BCUT2D eigenvalue weighted by Crippen LogP contribution is 2.43. The van der Waals surface area contributed by atoms with E-state index in [1.54, 1.807) is 0 Å². The van der Waals surface area contributed by atoms with E-state index in [0.29, 0.717) is 26.2 Å². The maximum atomic E-state index is 12.6. The second-order valence-electron chi connectivity index (χ2n) is 6.25. The molecule has 4 heteroatoms. The van der Waals surface area contributed by atoms with Crippen molar-refractivity contribution in [3.63, 3.8) is 0 Å². The molecule has 0 aromatic carbocycles. The summed E-state index contributed by atoms with van der Waals surface area (Å²) in [5.41, 5.74) is 5.48. The molecule has 3 rings (SSSR count). The lowest BCUT2D eigenvalue weighted by Gasteiger charge is -2.39. The molecule has 2 saturated heterocycles. The van der Waals surface area contributed by atoms with E-state index in [9.17, 15) is 4.79 Å². The van der Waals surface area contributed by atoms with E-state index < -0.39 is 5.54 Å². The summed E-state index contributed by atoms with van der Waals surface area (Å²) in [7, 11) is 0. The van der Waals surface area contributed by atoms with Gasteiger partial charge in [0.05, 0.1) is 12.2 Å². The summed E-state index contributed by atoms with van der Waals surface area (Å²) in [6.45, 7) is 1.74. The molecule has 1 saturated carbocycles. The topological polar surface area (TPSA) is 61.6 Å². The van der Waals surface area contributed by atoms with Gasteiger partial charge >= 0.3 is 0 Å². The van der Waals surface area contributed by atoms with Gasteiger partial charge in [0.15, 0.2) is 5.78 Å². The van der Waals surface area contributed by atoms with E-state index in [2.05, 4.69) is 0 Å². The van der Waals surface area contributed by atoms with Gasteiger partial charge in [0.2, 0.25) is 0 Å². The van der Waals surface area contributed by atoms with Crippen molar-refractivity contribution < 1.29 is 14.3 Å². The number of ketones is 1. The molecule has 0 aromatic rings. The Hall–Kier alpha value is -0.450. The van der Waals surface area contributed by atoms with Crippen LogP contribution in [-0.4, -0.2) is 36.7 Å². The fourth-order valence-corrected chi connectivity index (χ4v) is 3.80. The van der Waals surface area contributed by atoms with Crippen molar-refractivity contribution >= 4 is 5.78 Å². The minimum Gasteiger partial charge on any atom is -0.379 e. The molecule has 2 aliphatic heterocycles. The number of ether oxygens (including phenoxy) is 2. The molecule has 2 atom stereocenters. The molecule has 3 aliphatic rings. The van der Waals surface area contributed by atoms with Gasteiger partial charge in [-0.15, -0.1) is 0 Å². The Morgan fingerprint density at radius 1 is 1.17 bits per heavy atom. The monoisotopic (exact) mass is 253 g/mol. The maximum Gasteiger partial charge on any atom is 0.158 e. The molecule has 102 valence electrons. The normalized spacial score (nSPS) is 39.3. The summed E-state index contributed by atoms with van der Waals surface area (Å²) in [6.07, 6.45) is 7.09. The van der Waals surface area contributed by atoms with Crippen LogP contribution in [0.3, 0.4) is 0 Å². The number of hydrogen-bond donors (Lipinski definition) is 1. The molecule has 0 aromatic heterocycles. The van der Waals surface area contributed by atoms with E-state index in [4.69, 9.17) is 15.2 Å². The van der Waals surface area contributed by atoms with Gasteiger partial charge in [-0.2, -0.15) is 0 Å². The third-order valence-electron chi connectivity index (χ3n) is 4.92. The van der Waals surface area contributed by atoms with Gasteiger partial charge in [-0.05, 0) is 32.1 Å². The van der Waals surface area contributed by atoms with Gasteiger partial charge in [0.1, 0.15) is 5.54 Å². The highest BCUT2D eigenvalue weighted by molar-refractivity contribution is 5.90. The summed E-state index contributed by atoms with van der Waals surface area (Å²) < 4.78 is 11.3. The second-order valence-corrected chi connectivity index (χ2v) is 6.25. The van der Waals surface area contributed by atoms with Crippen molar-refractivity contribution in [2.24, 2.45) is 11.7 Å². The van der Waals surface area contributed by atoms with Crippen LogP contribution in [0.4, 0.5) is 0 Å².